The molecule has 5 heteroatoms. The minimum absolute atomic E-state index is 0.670. The highest BCUT2D eigenvalue weighted by Crippen LogP contribution is 2.26. The summed E-state index contributed by atoms with van der Waals surface area (Å²) in [5.74, 6) is 0.770. The maximum absolute atomic E-state index is 6.04. The molecule has 0 bridgehead atoms. The Morgan fingerprint density at radius 1 is 1.22 bits per heavy atom. The normalized spacial score (nSPS) is 11.1. The van der Waals surface area contributed by atoms with Gasteiger partial charge in [-0.15, -0.1) is 0 Å². The van der Waals surface area contributed by atoms with Crippen LogP contribution < -0.4 is 0 Å². The fraction of sp³-hybridized carbons (Fsp3) is 0.0769. The van der Waals surface area contributed by atoms with Crippen molar-refractivity contribution in [3.8, 4) is 11.4 Å². The Morgan fingerprint density at radius 2 is 2.06 bits per heavy atom. The fourth-order valence-electron chi connectivity index (χ4n) is 1.83. The van der Waals surface area contributed by atoms with E-state index in [2.05, 4.69) is 30.9 Å². The van der Waals surface area contributed by atoms with Crippen molar-refractivity contribution in [1.29, 1.82) is 0 Å². The third-order valence-corrected chi connectivity index (χ3v) is 3.29. The van der Waals surface area contributed by atoms with E-state index in [0.717, 1.165) is 26.9 Å². The molecule has 3 aromatic rings. The number of pyridine rings is 1. The topological polar surface area (TPSA) is 41.6 Å². The van der Waals surface area contributed by atoms with Crippen molar-refractivity contribution in [1.82, 2.24) is 15.0 Å². The van der Waals surface area contributed by atoms with Gasteiger partial charge in [0, 0.05) is 21.3 Å². The first-order valence-corrected chi connectivity index (χ1v) is 6.58. The number of aromatic amines is 1. The third kappa shape index (κ3) is 2.13. The largest absolute Gasteiger partial charge is 0.337 e. The molecular formula is C13H9BrClN3. The first-order valence-electron chi connectivity index (χ1n) is 5.41. The van der Waals surface area contributed by atoms with E-state index in [4.69, 9.17) is 11.6 Å². The molecule has 0 atom stereocenters. The van der Waals surface area contributed by atoms with Crippen LogP contribution in [0.25, 0.3) is 22.6 Å². The number of aromatic nitrogens is 3. The predicted octanol–water partition coefficient (Wildman–Crippen LogP) is 4.35. The van der Waals surface area contributed by atoms with Crippen molar-refractivity contribution in [2.75, 3.05) is 0 Å². The van der Waals surface area contributed by atoms with Crippen molar-refractivity contribution < 1.29 is 0 Å². The Balaban J connectivity index is 2.19. The van der Waals surface area contributed by atoms with Gasteiger partial charge in [-0.25, -0.2) is 9.97 Å². The molecule has 18 heavy (non-hydrogen) atoms. The molecule has 0 fully saturated rings. The SMILES string of the molecule is Cc1cnc2nc(-c3cc(Cl)cc(Br)c3)[nH]c2c1. The molecule has 0 unspecified atom stereocenters. The number of hydrogen-bond acceptors (Lipinski definition) is 2. The van der Waals surface area contributed by atoms with Gasteiger partial charge in [0.25, 0.3) is 0 Å². The van der Waals surface area contributed by atoms with E-state index in [-0.39, 0.29) is 0 Å². The number of nitrogens with one attached hydrogen (secondary N) is 1. The van der Waals surface area contributed by atoms with Gasteiger partial charge in [0.2, 0.25) is 0 Å². The Bertz CT molecular complexity index is 716. The molecule has 0 radical (unpaired) electrons. The summed E-state index contributed by atoms with van der Waals surface area (Å²) >= 11 is 9.46. The monoisotopic (exact) mass is 321 g/mol. The number of rotatable bonds is 1. The maximum Gasteiger partial charge on any atom is 0.178 e. The number of imidazole rings is 1. The maximum atomic E-state index is 6.04. The first kappa shape index (κ1) is 11.7. The quantitative estimate of drug-likeness (QED) is 0.723. The summed E-state index contributed by atoms with van der Waals surface area (Å²) in [5.41, 5.74) is 3.68. The highest BCUT2D eigenvalue weighted by molar-refractivity contribution is 9.10. The number of halogens is 2. The van der Waals surface area contributed by atoms with Crippen LogP contribution in [0, 0.1) is 6.92 Å². The van der Waals surface area contributed by atoms with E-state index in [9.17, 15) is 0 Å². The average Bonchev–Trinajstić information content (AvgIpc) is 2.70. The van der Waals surface area contributed by atoms with E-state index in [1.807, 2.05) is 31.2 Å². The summed E-state index contributed by atoms with van der Waals surface area (Å²) in [7, 11) is 0. The van der Waals surface area contributed by atoms with E-state index < -0.39 is 0 Å². The van der Waals surface area contributed by atoms with E-state index in [1.165, 1.54) is 0 Å². The van der Waals surface area contributed by atoms with Crippen molar-refractivity contribution in [3.63, 3.8) is 0 Å². The molecule has 0 aliphatic rings. The van der Waals surface area contributed by atoms with Gasteiger partial charge >= 0.3 is 0 Å². The molecule has 0 spiro atoms. The van der Waals surface area contributed by atoms with Crippen molar-refractivity contribution >= 4 is 38.7 Å². The van der Waals surface area contributed by atoms with Gasteiger partial charge in [0.1, 0.15) is 5.82 Å². The number of fused-ring (bicyclic) bond motifs is 1. The zero-order valence-electron chi connectivity index (χ0n) is 9.54. The second kappa shape index (κ2) is 4.37. The molecule has 0 aliphatic carbocycles. The number of hydrogen-bond donors (Lipinski definition) is 1. The lowest BCUT2D eigenvalue weighted by atomic mass is 10.2. The molecule has 0 amide bonds. The van der Waals surface area contributed by atoms with Crippen molar-refractivity contribution in [3.05, 3.63) is 45.5 Å². The van der Waals surface area contributed by atoms with Crippen LogP contribution in [0.1, 0.15) is 5.56 Å². The summed E-state index contributed by atoms with van der Waals surface area (Å²) in [6, 6.07) is 7.71. The molecule has 2 aromatic heterocycles. The van der Waals surface area contributed by atoms with E-state index in [1.54, 1.807) is 6.20 Å². The zero-order chi connectivity index (χ0) is 12.7. The van der Waals surface area contributed by atoms with Crippen LogP contribution in [0.3, 0.4) is 0 Å². The van der Waals surface area contributed by atoms with Crippen LogP contribution in [0.2, 0.25) is 5.02 Å². The van der Waals surface area contributed by atoms with E-state index in [0.29, 0.717) is 10.7 Å². The Labute approximate surface area is 117 Å². The van der Waals surface area contributed by atoms with Gasteiger partial charge in [-0.2, -0.15) is 0 Å². The van der Waals surface area contributed by atoms with Crippen LogP contribution in [-0.4, -0.2) is 15.0 Å². The van der Waals surface area contributed by atoms with Gasteiger partial charge in [-0.3, -0.25) is 0 Å². The van der Waals surface area contributed by atoms with Crippen LogP contribution in [-0.2, 0) is 0 Å². The molecule has 90 valence electrons. The highest BCUT2D eigenvalue weighted by Gasteiger charge is 2.07. The van der Waals surface area contributed by atoms with Gasteiger partial charge in [-0.05, 0) is 36.8 Å². The Hall–Kier alpha value is -1.39. The summed E-state index contributed by atoms with van der Waals surface area (Å²) in [6.07, 6.45) is 1.81. The molecule has 0 saturated heterocycles. The fourth-order valence-corrected chi connectivity index (χ4v) is 2.69. The van der Waals surface area contributed by atoms with Crippen LogP contribution in [0.4, 0.5) is 0 Å². The summed E-state index contributed by atoms with van der Waals surface area (Å²) in [6.45, 7) is 2.00. The van der Waals surface area contributed by atoms with Gasteiger partial charge in [0.05, 0.1) is 5.52 Å². The number of aryl methyl sites for hydroxylation is 1. The van der Waals surface area contributed by atoms with Crippen molar-refractivity contribution in [2.24, 2.45) is 0 Å². The number of nitrogens with zero attached hydrogens (tertiary/aromatic N) is 2. The average molecular weight is 323 g/mol. The zero-order valence-corrected chi connectivity index (χ0v) is 11.9. The Kier molecular flexibility index (Phi) is 2.84. The lowest BCUT2D eigenvalue weighted by Crippen LogP contribution is -1.81. The van der Waals surface area contributed by atoms with Gasteiger partial charge in [0.15, 0.2) is 5.65 Å². The standard InChI is InChI=1S/C13H9BrClN3/c1-7-2-11-13(16-6-7)18-12(17-11)8-3-9(14)5-10(15)4-8/h2-6H,1H3,(H,16,17,18). The molecule has 1 aromatic carbocycles. The Morgan fingerprint density at radius 3 is 2.83 bits per heavy atom. The third-order valence-electron chi connectivity index (χ3n) is 2.61. The highest BCUT2D eigenvalue weighted by atomic mass is 79.9. The molecule has 3 rings (SSSR count). The molecular weight excluding hydrogens is 314 g/mol. The smallest absolute Gasteiger partial charge is 0.178 e. The molecule has 0 aliphatic heterocycles. The van der Waals surface area contributed by atoms with Gasteiger partial charge < -0.3 is 4.98 Å². The lowest BCUT2D eigenvalue weighted by Gasteiger charge is -1.99. The van der Waals surface area contributed by atoms with Crippen LogP contribution >= 0.6 is 27.5 Å². The lowest BCUT2D eigenvalue weighted by molar-refractivity contribution is 1.28. The van der Waals surface area contributed by atoms with E-state index >= 15 is 0 Å². The molecule has 0 saturated carbocycles. The summed E-state index contributed by atoms with van der Waals surface area (Å²) < 4.78 is 0.926. The number of H-pyrrole nitrogens is 1. The minimum atomic E-state index is 0.670. The van der Waals surface area contributed by atoms with Crippen LogP contribution in [0.5, 0.6) is 0 Å². The second-order valence-electron chi connectivity index (χ2n) is 4.13. The number of benzene rings is 1. The molecule has 1 N–H and O–H groups in total. The minimum Gasteiger partial charge on any atom is -0.337 e. The van der Waals surface area contributed by atoms with Crippen molar-refractivity contribution in [2.45, 2.75) is 6.92 Å². The van der Waals surface area contributed by atoms with Crippen LogP contribution in [0.15, 0.2) is 34.9 Å². The summed E-state index contributed by atoms with van der Waals surface area (Å²) in [4.78, 5) is 12.0. The first-order chi connectivity index (χ1) is 8.61. The van der Waals surface area contributed by atoms with Gasteiger partial charge in [-0.1, -0.05) is 27.5 Å². The molecule has 3 nitrogen and oxygen atoms in total. The second-order valence-corrected chi connectivity index (χ2v) is 5.48. The molecule has 2 heterocycles. The predicted molar refractivity (Wildman–Crippen MR) is 76.8 cm³/mol. The summed E-state index contributed by atoms with van der Waals surface area (Å²) in [5, 5.41) is 0.670.